The van der Waals surface area contributed by atoms with Gasteiger partial charge in [-0.05, 0) is 82.1 Å². The number of nitrogens with zero attached hydrogens (tertiary/aromatic N) is 6. The first-order valence-corrected chi connectivity index (χ1v) is 27.3. The predicted octanol–water partition coefficient (Wildman–Crippen LogP) is 24.0. The van der Waals surface area contributed by atoms with Crippen LogP contribution in [0, 0.1) is 34.8 Å². The van der Waals surface area contributed by atoms with Gasteiger partial charge >= 0.3 is 0 Å². The summed E-state index contributed by atoms with van der Waals surface area (Å²) in [5.41, 5.74) is 6.14. The number of ketones is 1. The van der Waals surface area contributed by atoms with Gasteiger partial charge in [0.05, 0.1) is 19.3 Å². The molecule has 4 heterocycles. The van der Waals surface area contributed by atoms with E-state index in [4.69, 9.17) is 29.8 Å². The first-order chi connectivity index (χ1) is 35.0. The average Bonchev–Trinajstić information content (AvgIpc) is 4.12. The largest absolute Gasteiger partial charge is 0.619 e. The van der Waals surface area contributed by atoms with Crippen LogP contribution in [0.1, 0.15) is 350 Å². The fraction of sp³-hybridized carbons (Fsp3) is 0.859. The van der Waals surface area contributed by atoms with E-state index >= 15 is 0 Å². The molecule has 0 aromatic carbocycles. The number of hydrogen-bond donors (Lipinski definition) is 2. The highest BCUT2D eigenvalue weighted by atomic mass is 16.5. The molecule has 18 nitrogen and oxygen atoms in total. The summed E-state index contributed by atoms with van der Waals surface area (Å²) in [6.07, 6.45) is 12.0. The molecule has 2 fully saturated rings. The van der Waals surface area contributed by atoms with Gasteiger partial charge in [-0.1, -0.05) is 267 Å². The van der Waals surface area contributed by atoms with Crippen molar-refractivity contribution in [3.05, 3.63) is 35.3 Å². The fourth-order valence-electron chi connectivity index (χ4n) is 5.28. The molecule has 3 N–H and O–H groups in total. The van der Waals surface area contributed by atoms with E-state index in [0.717, 1.165) is 95.4 Å². The highest BCUT2D eigenvalue weighted by Gasteiger charge is 2.28. The topological polar surface area (TPSA) is 239 Å². The van der Waals surface area contributed by atoms with Gasteiger partial charge in [0.1, 0.15) is 0 Å². The Morgan fingerprint density at radius 2 is 0.927 bits per heavy atom. The number of nitrogens with two attached hydrogens (primary N) is 1. The van der Waals surface area contributed by atoms with Crippen molar-refractivity contribution in [1.82, 2.24) is 9.80 Å². The number of pyridine rings is 1. The molecular formula is C78H197N7O11. The van der Waals surface area contributed by atoms with Gasteiger partial charge in [0.2, 0.25) is 35.2 Å². The third-order valence-corrected chi connectivity index (χ3v) is 11.5. The van der Waals surface area contributed by atoms with E-state index in [-0.39, 0.29) is 223 Å². The summed E-state index contributed by atoms with van der Waals surface area (Å²) in [4.78, 5) is 62.8. The zero-order valence-electron chi connectivity index (χ0n) is 50.1. The second-order valence-electron chi connectivity index (χ2n) is 18.7. The van der Waals surface area contributed by atoms with Gasteiger partial charge in [-0.2, -0.15) is 9.84 Å². The molecule has 1 aromatic heterocycles. The van der Waals surface area contributed by atoms with Crippen LogP contribution in [-0.2, 0) is 42.9 Å². The van der Waals surface area contributed by atoms with Gasteiger partial charge in [0.25, 0.3) is 0 Å². The maximum atomic E-state index is 11.6. The van der Waals surface area contributed by atoms with Gasteiger partial charge < -0.3 is 39.9 Å². The van der Waals surface area contributed by atoms with E-state index in [1.807, 2.05) is 79.3 Å². The number of rotatable bonds is 18. The van der Waals surface area contributed by atoms with Crippen LogP contribution in [0.4, 0.5) is 0 Å². The molecule has 18 heteroatoms. The van der Waals surface area contributed by atoms with E-state index in [1.54, 1.807) is 40.6 Å². The smallest absolute Gasteiger partial charge is 0.231 e. The van der Waals surface area contributed by atoms with E-state index in [2.05, 4.69) is 56.8 Å². The number of likely N-dealkylation sites (tertiary alicyclic amines) is 1. The first-order valence-electron chi connectivity index (χ1n) is 27.3. The lowest BCUT2D eigenvalue weighted by Gasteiger charge is -2.28. The van der Waals surface area contributed by atoms with Crippen molar-refractivity contribution in [3.63, 3.8) is 0 Å². The average molecular weight is 1410 g/mol. The van der Waals surface area contributed by atoms with Gasteiger partial charge in [-0.25, -0.2) is 4.99 Å². The van der Waals surface area contributed by atoms with Gasteiger partial charge in [0.15, 0.2) is 19.1 Å². The number of primary amides is 1. The van der Waals surface area contributed by atoms with E-state index in [1.165, 1.54) is 10.5 Å². The minimum absolute atomic E-state index is 0. The van der Waals surface area contributed by atoms with Crippen molar-refractivity contribution >= 4 is 35.2 Å². The number of ether oxygens (including phenoxy) is 4. The van der Waals surface area contributed by atoms with Crippen LogP contribution in [0.3, 0.4) is 0 Å². The number of hydrogen-bond acceptors (Lipinski definition) is 14. The molecule has 4 rings (SSSR count). The van der Waals surface area contributed by atoms with Crippen molar-refractivity contribution in [3.8, 4) is 0 Å². The van der Waals surface area contributed by atoms with Crippen LogP contribution < -0.4 is 10.5 Å². The summed E-state index contributed by atoms with van der Waals surface area (Å²) in [5, 5.41) is 26.2. The van der Waals surface area contributed by atoms with E-state index in [9.17, 15) is 29.2 Å². The van der Waals surface area contributed by atoms with Crippen LogP contribution in [-0.4, -0.2) is 137 Å². The van der Waals surface area contributed by atoms with E-state index < -0.39 is 0 Å². The Kier molecular flexibility index (Phi) is 233. The molecule has 610 valence electrons. The van der Waals surface area contributed by atoms with Crippen molar-refractivity contribution in [1.29, 1.82) is 0 Å². The molecule has 0 spiro atoms. The van der Waals surface area contributed by atoms with Crippen LogP contribution >= 0.6 is 0 Å². The van der Waals surface area contributed by atoms with Crippen LogP contribution in [0.5, 0.6) is 0 Å². The molecule has 6 atom stereocenters. The highest BCUT2D eigenvalue weighted by Crippen LogP contribution is 2.17. The summed E-state index contributed by atoms with van der Waals surface area (Å²) in [6, 6.07) is 3.75. The summed E-state index contributed by atoms with van der Waals surface area (Å²) < 4.78 is 20.2. The predicted molar refractivity (Wildman–Crippen MR) is 448 cm³/mol. The van der Waals surface area contributed by atoms with Crippen LogP contribution in [0.15, 0.2) is 39.7 Å². The Balaban J connectivity index is -0.0000000221. The Morgan fingerprint density at radius 1 is 0.562 bits per heavy atom. The summed E-state index contributed by atoms with van der Waals surface area (Å²) >= 11 is 0. The molecular weight excluding hydrogens is 1210 g/mol. The number of methoxy groups -OCH3 is 3. The highest BCUT2D eigenvalue weighted by molar-refractivity contribution is 6.40. The monoisotopic (exact) mass is 1410 g/mol. The number of morpholine rings is 1. The number of carbonyl (C=O) groups excluding carboxylic acids is 5. The van der Waals surface area contributed by atoms with E-state index in [0.29, 0.717) is 50.5 Å². The van der Waals surface area contributed by atoms with Crippen molar-refractivity contribution < 1.29 is 52.8 Å². The third-order valence-electron chi connectivity index (χ3n) is 11.5. The standard InChI is InChI=1S/C9H17NO2.C9H15NO2.C9H13NO.C7H11N3O.C5H11NO.C5H12O.3C4H10O.22CH4/c1-3-8(2)9(11)10-4-6-12-7-5-10;1-3-7(2)9(12)10-6-4-5-8(10)11;1-3-8(2)9-4-6-10(11)7-5-9;1-3-5(2)6(11)7-8-4-9-10-7;1-3-4(2)5(6)7;1-5(2)4-6-3;2*1-3-4-5-2;1-3-4(2)5;;;;;;;;;;;;;;;;;;;;;;/h8H,3-7H2,1-2H3;7H,3-6H2,1-2H3;4-8H,3H2,1-2H3;5H,3-4H2,1-2H3;4H,3H2,1-2H3,(H2,6,7);5H,4H2,1-3H3;2*3-4H2,1-2H3;4-5H,3H2,1-2H3;22*1H4. The Morgan fingerprint density at radius 3 is 1.15 bits per heavy atom. The summed E-state index contributed by atoms with van der Waals surface area (Å²) in [6.45, 7) is 38.4. The second kappa shape index (κ2) is 124. The van der Waals surface area contributed by atoms with Crippen LogP contribution in [0.2, 0.25) is 0 Å². The second-order valence-corrected chi connectivity index (χ2v) is 18.7. The SMILES string of the molecule is C.C.C.C.C.C.C.C.C.C.C.C.C.C.C.C.C.C.C.C.C.C.CCC(C)C(=O)C1=NCN=N1.CCC(C)C(=O)N1CCCC1=O.CCC(C)C(=O)N1CCOCC1.CCC(C)C(N)=O.CCC(C)O.CCC(C)c1cc[n+]([O-])cc1.CCCOC.CCCOC.COCC(C)C. The molecule has 0 saturated carbocycles. The number of aliphatic hydroxyl groups is 1. The molecule has 6 unspecified atom stereocenters. The normalized spacial score (nSPS) is 11.9. The number of amidine groups is 1. The summed E-state index contributed by atoms with van der Waals surface area (Å²) in [7, 11) is 5.15. The van der Waals surface area contributed by atoms with Gasteiger partial charge in [0, 0.05) is 103 Å². The third kappa shape index (κ3) is 106. The number of Topliss-reactive ketones (excluding diaryl/α,β-unsaturated/α-hetero) is 1. The summed E-state index contributed by atoms with van der Waals surface area (Å²) in [5.74, 6) is 1.82. The molecule has 4 amide bonds. The molecule has 0 bridgehead atoms. The zero-order valence-corrected chi connectivity index (χ0v) is 50.1. The van der Waals surface area contributed by atoms with Gasteiger partial charge in [-0.15, -0.1) is 5.11 Å². The zero-order chi connectivity index (χ0) is 58.0. The lowest BCUT2D eigenvalue weighted by molar-refractivity contribution is -0.605. The van der Waals surface area contributed by atoms with Crippen molar-refractivity contribution in [2.45, 2.75) is 350 Å². The molecule has 3 aliphatic rings. The minimum atomic E-state index is -0.206. The lowest BCUT2D eigenvalue weighted by atomic mass is 10.0. The molecule has 3 aliphatic heterocycles. The number of aliphatic hydroxyl groups excluding tert-OH is 1. The number of azo groups is 1. The number of amides is 4. The number of aromatic nitrogens is 1. The number of aliphatic imine (C=N–C) groups is 1. The first kappa shape index (κ1) is 180. The van der Waals surface area contributed by atoms with Crippen molar-refractivity contribution in [2.24, 2.45) is 50.5 Å². The Hall–Kier alpha value is -4.23. The number of carbonyl (C=O) groups is 5. The molecule has 0 radical (unpaired) electrons. The number of imide groups is 1. The quantitative estimate of drug-likeness (QED) is 0.103. The van der Waals surface area contributed by atoms with Crippen molar-refractivity contribution in [2.75, 3.05) is 80.7 Å². The molecule has 1 aromatic rings. The maximum absolute atomic E-state index is 11.6. The Bertz CT molecular complexity index is 1570. The molecule has 96 heavy (non-hydrogen) atoms. The van der Waals surface area contributed by atoms with Gasteiger partial charge in [-0.3, -0.25) is 28.9 Å². The molecule has 2 saturated heterocycles. The Labute approximate surface area is 612 Å². The lowest BCUT2D eigenvalue weighted by Crippen LogP contribution is -2.43. The maximum Gasteiger partial charge on any atom is 0.231 e. The fourth-order valence-corrected chi connectivity index (χ4v) is 5.28. The minimum Gasteiger partial charge on any atom is -0.619 e. The van der Waals surface area contributed by atoms with Crippen LogP contribution in [0.25, 0.3) is 0 Å². The molecule has 0 aliphatic carbocycles.